The van der Waals surface area contributed by atoms with Gasteiger partial charge in [-0.2, -0.15) is 0 Å². The van der Waals surface area contributed by atoms with Crippen LogP contribution in [0.3, 0.4) is 0 Å². The molecule has 1 atom stereocenters. The summed E-state index contributed by atoms with van der Waals surface area (Å²) in [6, 6.07) is 20.8. The van der Waals surface area contributed by atoms with Gasteiger partial charge in [0.25, 0.3) is 5.91 Å². The number of carbonyl (C=O) groups excluding carboxylic acids is 2. The summed E-state index contributed by atoms with van der Waals surface area (Å²) in [5, 5.41) is 11.4. The van der Waals surface area contributed by atoms with E-state index >= 15 is 0 Å². The summed E-state index contributed by atoms with van der Waals surface area (Å²) >= 11 is 0. The van der Waals surface area contributed by atoms with Crippen LogP contribution in [0.25, 0.3) is 0 Å². The van der Waals surface area contributed by atoms with E-state index < -0.39 is 11.5 Å². The number of rotatable bonds is 9. The van der Waals surface area contributed by atoms with E-state index in [2.05, 4.69) is 0 Å². The van der Waals surface area contributed by atoms with Crippen molar-refractivity contribution < 1.29 is 28.9 Å². The number of methoxy groups -OCH3 is 2. The second-order valence-corrected chi connectivity index (χ2v) is 7.67. The number of carbonyl (C=O) groups is 2. The van der Waals surface area contributed by atoms with E-state index in [9.17, 15) is 14.7 Å². The van der Waals surface area contributed by atoms with Crippen molar-refractivity contribution >= 4 is 17.4 Å². The first-order chi connectivity index (χ1) is 16.0. The van der Waals surface area contributed by atoms with Gasteiger partial charge in [0, 0.05) is 11.1 Å². The van der Waals surface area contributed by atoms with Gasteiger partial charge in [-0.3, -0.25) is 9.59 Å². The number of ether oxygens (including phenoxy) is 3. The lowest BCUT2D eigenvalue weighted by atomic mass is 9.88. The van der Waals surface area contributed by atoms with Crippen LogP contribution in [0.1, 0.15) is 22.3 Å². The minimum Gasteiger partial charge on any atom is -0.497 e. The van der Waals surface area contributed by atoms with E-state index in [1.807, 2.05) is 12.1 Å². The monoisotopic (exact) mass is 447 g/mol. The predicted octanol–water partition coefficient (Wildman–Crippen LogP) is 3.59. The van der Waals surface area contributed by atoms with Crippen LogP contribution in [0.5, 0.6) is 17.2 Å². The van der Waals surface area contributed by atoms with E-state index in [-0.39, 0.29) is 25.4 Å². The zero-order chi connectivity index (χ0) is 23.4. The fraction of sp³-hybridized carbons (Fsp3) is 0.231. The number of benzene rings is 3. The van der Waals surface area contributed by atoms with E-state index in [4.69, 9.17) is 14.2 Å². The Bertz CT molecular complexity index is 1180. The zero-order valence-electron chi connectivity index (χ0n) is 18.5. The quantitative estimate of drug-likeness (QED) is 0.505. The van der Waals surface area contributed by atoms with Crippen LogP contribution in [0.4, 0.5) is 5.69 Å². The number of Topliss-reactive ketones (excluding diaryl/α,β-unsaturated/α-hetero) is 1. The maximum Gasteiger partial charge on any atom is 0.264 e. The molecule has 1 amide bonds. The topological polar surface area (TPSA) is 85.3 Å². The molecule has 0 fully saturated rings. The van der Waals surface area contributed by atoms with Crippen LogP contribution < -0.4 is 19.1 Å². The van der Waals surface area contributed by atoms with Gasteiger partial charge >= 0.3 is 0 Å². The van der Waals surface area contributed by atoms with Gasteiger partial charge in [-0.1, -0.05) is 42.5 Å². The van der Waals surface area contributed by atoms with Crippen LogP contribution in [-0.2, 0) is 10.4 Å². The van der Waals surface area contributed by atoms with Crippen molar-refractivity contribution in [2.24, 2.45) is 0 Å². The van der Waals surface area contributed by atoms with Gasteiger partial charge in [0.1, 0.15) is 12.4 Å². The first-order valence-electron chi connectivity index (χ1n) is 10.5. The lowest BCUT2D eigenvalue weighted by molar-refractivity contribution is -0.135. The smallest absolute Gasteiger partial charge is 0.264 e. The summed E-state index contributed by atoms with van der Waals surface area (Å²) in [6.07, 6.45) is -0.375. The third-order valence-electron chi connectivity index (χ3n) is 5.69. The Kier molecular flexibility index (Phi) is 6.33. The Balaban J connectivity index is 1.54. The number of ketones is 1. The molecule has 0 bridgehead atoms. The molecule has 7 nitrogen and oxygen atoms in total. The number of para-hydroxylation sites is 3. The molecule has 0 unspecified atom stereocenters. The molecule has 33 heavy (non-hydrogen) atoms. The van der Waals surface area contributed by atoms with Gasteiger partial charge in [0.2, 0.25) is 0 Å². The average molecular weight is 447 g/mol. The van der Waals surface area contributed by atoms with Gasteiger partial charge < -0.3 is 24.2 Å². The lowest BCUT2D eigenvalue weighted by Crippen LogP contribution is -2.43. The summed E-state index contributed by atoms with van der Waals surface area (Å²) in [7, 11) is 3.07. The molecule has 170 valence electrons. The number of nitrogens with zero attached hydrogens (tertiary/aromatic N) is 1. The normalized spacial score (nSPS) is 16.9. The van der Waals surface area contributed by atoms with Crippen molar-refractivity contribution in [3.63, 3.8) is 0 Å². The Labute approximate surface area is 192 Å². The van der Waals surface area contributed by atoms with Crippen molar-refractivity contribution in [2.45, 2.75) is 12.0 Å². The van der Waals surface area contributed by atoms with Gasteiger partial charge in [-0.25, -0.2) is 0 Å². The summed E-state index contributed by atoms with van der Waals surface area (Å²) < 4.78 is 16.3. The van der Waals surface area contributed by atoms with Gasteiger partial charge in [-0.05, 0) is 30.3 Å². The Morgan fingerprint density at radius 2 is 1.67 bits per heavy atom. The highest BCUT2D eigenvalue weighted by Gasteiger charge is 2.50. The second kappa shape index (κ2) is 9.34. The highest BCUT2D eigenvalue weighted by atomic mass is 16.5. The Morgan fingerprint density at radius 3 is 2.42 bits per heavy atom. The minimum atomic E-state index is -1.96. The number of hydrogen-bond acceptors (Lipinski definition) is 6. The number of amides is 1. The minimum absolute atomic E-state index is 0.181. The molecule has 0 spiro atoms. The molecule has 0 saturated heterocycles. The van der Waals surface area contributed by atoms with Crippen LogP contribution >= 0.6 is 0 Å². The molecule has 0 radical (unpaired) electrons. The van der Waals surface area contributed by atoms with Gasteiger partial charge in [0.05, 0.1) is 32.9 Å². The predicted molar refractivity (Wildman–Crippen MR) is 123 cm³/mol. The van der Waals surface area contributed by atoms with Gasteiger partial charge in [-0.15, -0.1) is 0 Å². The Morgan fingerprint density at radius 1 is 0.939 bits per heavy atom. The largest absolute Gasteiger partial charge is 0.497 e. The summed E-state index contributed by atoms with van der Waals surface area (Å²) in [6.45, 7) is 0.379. The molecule has 0 saturated carbocycles. The molecule has 3 aromatic rings. The maximum absolute atomic E-state index is 13.4. The van der Waals surface area contributed by atoms with Crippen LogP contribution in [0, 0.1) is 0 Å². The lowest BCUT2D eigenvalue weighted by Gasteiger charge is -2.23. The maximum atomic E-state index is 13.4. The van der Waals surface area contributed by atoms with Gasteiger partial charge in [0.15, 0.2) is 22.9 Å². The first kappa shape index (κ1) is 22.4. The van der Waals surface area contributed by atoms with E-state index in [1.165, 1.54) is 12.0 Å². The standard InChI is InChI=1S/C26H25NO6/c1-31-19-9-7-8-18(16-19)22(28)17-26(30)20-10-3-4-11-21(20)27(25(26)29)14-15-33-24-13-6-5-12-23(24)32-2/h3-13,16,30H,14-15,17H2,1-2H3/t26-/m0/s1. The highest BCUT2D eigenvalue weighted by molar-refractivity contribution is 6.10. The summed E-state index contributed by atoms with van der Waals surface area (Å²) in [4.78, 5) is 27.8. The van der Waals surface area contributed by atoms with E-state index in [1.54, 1.807) is 67.8 Å². The third-order valence-corrected chi connectivity index (χ3v) is 5.69. The van der Waals surface area contributed by atoms with Crippen molar-refractivity contribution in [1.82, 2.24) is 0 Å². The second-order valence-electron chi connectivity index (χ2n) is 7.67. The fourth-order valence-corrected chi connectivity index (χ4v) is 4.02. The number of hydrogen-bond donors (Lipinski definition) is 1. The third kappa shape index (κ3) is 4.27. The summed E-state index contributed by atoms with van der Waals surface area (Å²) in [5.41, 5.74) is -0.622. The van der Waals surface area contributed by atoms with Crippen molar-refractivity contribution in [3.05, 3.63) is 83.9 Å². The van der Waals surface area contributed by atoms with Crippen molar-refractivity contribution in [3.8, 4) is 17.2 Å². The van der Waals surface area contributed by atoms with Crippen LogP contribution in [-0.4, -0.2) is 44.2 Å². The molecule has 1 aliphatic heterocycles. The molecule has 1 aliphatic rings. The number of aliphatic hydroxyl groups is 1. The molecule has 7 heteroatoms. The molecule has 0 aromatic heterocycles. The molecular formula is C26H25NO6. The van der Waals surface area contributed by atoms with Crippen molar-refractivity contribution in [1.29, 1.82) is 0 Å². The molecule has 4 rings (SSSR count). The van der Waals surface area contributed by atoms with E-state index in [0.29, 0.717) is 34.1 Å². The van der Waals surface area contributed by atoms with Crippen LogP contribution in [0.15, 0.2) is 72.8 Å². The van der Waals surface area contributed by atoms with Crippen LogP contribution in [0.2, 0.25) is 0 Å². The molecule has 3 aromatic carbocycles. The van der Waals surface area contributed by atoms with E-state index in [0.717, 1.165) is 0 Å². The first-order valence-corrected chi connectivity index (χ1v) is 10.5. The zero-order valence-corrected chi connectivity index (χ0v) is 18.5. The Hall–Kier alpha value is -3.84. The summed E-state index contributed by atoms with van der Waals surface area (Å²) in [5.74, 6) is 0.769. The molecule has 1 heterocycles. The fourth-order valence-electron chi connectivity index (χ4n) is 4.02. The van der Waals surface area contributed by atoms with Crippen molar-refractivity contribution in [2.75, 3.05) is 32.3 Å². The highest BCUT2D eigenvalue weighted by Crippen LogP contribution is 2.42. The molecular weight excluding hydrogens is 422 g/mol. The number of fused-ring (bicyclic) bond motifs is 1. The average Bonchev–Trinajstić information content (AvgIpc) is 3.06. The molecule has 0 aliphatic carbocycles. The SMILES string of the molecule is COc1cccc(C(=O)C[C@@]2(O)C(=O)N(CCOc3ccccc3OC)c3ccccc32)c1. The number of anilines is 1. The molecule has 1 N–H and O–H groups in total.